The molecule has 15 heavy (non-hydrogen) atoms. The van der Waals surface area contributed by atoms with Gasteiger partial charge in [0.2, 0.25) is 5.95 Å². The summed E-state index contributed by atoms with van der Waals surface area (Å²) in [6.45, 7) is 2.97. The van der Waals surface area contributed by atoms with Crippen LogP contribution in [-0.4, -0.2) is 26.6 Å². The Hall–Kier alpha value is -2.16. The predicted molar refractivity (Wildman–Crippen MR) is 52.1 cm³/mol. The molecule has 0 radical (unpaired) electrons. The van der Waals surface area contributed by atoms with E-state index in [1.807, 2.05) is 6.07 Å². The number of aliphatic carboxylic acids is 1. The molecule has 0 bridgehead atoms. The van der Waals surface area contributed by atoms with Crippen molar-refractivity contribution in [2.24, 2.45) is 0 Å². The molecule has 1 heterocycles. The molecule has 0 unspecified atom stereocenters. The minimum atomic E-state index is -1.17. The summed E-state index contributed by atoms with van der Waals surface area (Å²) in [6, 6.07) is 3.29. The molecule has 1 aromatic heterocycles. The predicted octanol–water partition coefficient (Wildman–Crippen LogP) is 0.623. The molecule has 0 spiro atoms. The van der Waals surface area contributed by atoms with Gasteiger partial charge in [0.15, 0.2) is 0 Å². The third-order valence-electron chi connectivity index (χ3n) is 1.73. The highest BCUT2D eigenvalue weighted by molar-refractivity contribution is 5.80. The molecular weight excluding hydrogens is 196 g/mol. The van der Waals surface area contributed by atoms with E-state index in [1.165, 1.54) is 26.1 Å². The Bertz CT molecular complexity index is 422. The lowest BCUT2D eigenvalue weighted by molar-refractivity contribution is -0.141. The Kier molecular flexibility index (Phi) is 2.85. The second-order valence-corrected chi connectivity index (χ2v) is 3.43. The van der Waals surface area contributed by atoms with Crippen LogP contribution < -0.4 is 5.32 Å². The van der Waals surface area contributed by atoms with Crippen molar-refractivity contribution in [2.75, 3.05) is 5.32 Å². The number of carboxylic acid groups (broad SMARTS) is 1. The fourth-order valence-corrected chi connectivity index (χ4v) is 0.814. The summed E-state index contributed by atoms with van der Waals surface area (Å²) in [4.78, 5) is 18.4. The highest BCUT2D eigenvalue weighted by Crippen LogP contribution is 2.10. The number of carbonyl (C=O) groups is 1. The van der Waals surface area contributed by atoms with Crippen LogP contribution in [0.3, 0.4) is 0 Å². The number of nitriles is 1. The molecule has 78 valence electrons. The summed E-state index contributed by atoms with van der Waals surface area (Å²) in [5, 5.41) is 20.1. The average Bonchev–Trinajstić information content (AvgIpc) is 2.17. The molecular formula is C9H10N4O2. The minimum Gasteiger partial charge on any atom is -0.480 e. The Labute approximate surface area is 86.6 Å². The first-order valence-corrected chi connectivity index (χ1v) is 4.20. The maximum Gasteiger partial charge on any atom is 0.328 e. The first-order valence-electron chi connectivity index (χ1n) is 4.20. The van der Waals surface area contributed by atoms with E-state index in [4.69, 9.17) is 10.4 Å². The van der Waals surface area contributed by atoms with Gasteiger partial charge in [-0.2, -0.15) is 5.26 Å². The van der Waals surface area contributed by atoms with Gasteiger partial charge in [-0.1, -0.05) is 0 Å². The van der Waals surface area contributed by atoms with Crippen LogP contribution >= 0.6 is 0 Å². The second-order valence-electron chi connectivity index (χ2n) is 3.43. The Balaban J connectivity index is 2.91. The molecule has 0 aliphatic rings. The van der Waals surface area contributed by atoms with Crippen LogP contribution in [0.5, 0.6) is 0 Å². The molecule has 1 aromatic rings. The van der Waals surface area contributed by atoms with Crippen molar-refractivity contribution in [1.82, 2.24) is 9.97 Å². The van der Waals surface area contributed by atoms with Crippen LogP contribution in [0.4, 0.5) is 5.95 Å². The number of nitrogens with zero attached hydrogens (tertiary/aromatic N) is 3. The molecule has 2 N–H and O–H groups in total. The normalized spacial score (nSPS) is 10.5. The van der Waals surface area contributed by atoms with Gasteiger partial charge in [-0.15, -0.1) is 0 Å². The smallest absolute Gasteiger partial charge is 0.328 e. The number of aromatic nitrogens is 2. The van der Waals surface area contributed by atoms with Crippen molar-refractivity contribution < 1.29 is 9.90 Å². The molecule has 0 saturated carbocycles. The molecule has 0 amide bonds. The third-order valence-corrected chi connectivity index (χ3v) is 1.73. The molecule has 0 saturated heterocycles. The number of rotatable bonds is 3. The van der Waals surface area contributed by atoms with E-state index in [1.54, 1.807) is 0 Å². The summed E-state index contributed by atoms with van der Waals surface area (Å²) in [5.41, 5.74) is -0.984. The molecule has 6 nitrogen and oxygen atoms in total. The van der Waals surface area contributed by atoms with Crippen LogP contribution in [0, 0.1) is 11.3 Å². The van der Waals surface area contributed by atoms with E-state index in [0.717, 1.165) is 0 Å². The van der Waals surface area contributed by atoms with Crippen molar-refractivity contribution in [3.8, 4) is 6.07 Å². The van der Waals surface area contributed by atoms with Crippen molar-refractivity contribution in [3.63, 3.8) is 0 Å². The van der Waals surface area contributed by atoms with Crippen molar-refractivity contribution in [3.05, 3.63) is 18.0 Å². The lowest BCUT2D eigenvalue weighted by Gasteiger charge is -2.20. The number of carboxylic acids is 1. The number of hydrogen-bond acceptors (Lipinski definition) is 5. The lowest BCUT2D eigenvalue weighted by atomic mass is 10.1. The van der Waals surface area contributed by atoms with Crippen molar-refractivity contribution in [2.45, 2.75) is 19.4 Å². The van der Waals surface area contributed by atoms with Gasteiger partial charge >= 0.3 is 5.97 Å². The third kappa shape index (κ3) is 2.64. The van der Waals surface area contributed by atoms with E-state index in [2.05, 4.69) is 15.3 Å². The number of nitrogens with one attached hydrogen (secondary N) is 1. The van der Waals surface area contributed by atoms with Crippen molar-refractivity contribution >= 4 is 11.9 Å². The van der Waals surface area contributed by atoms with Gasteiger partial charge < -0.3 is 10.4 Å². The minimum absolute atomic E-state index is 0.126. The molecule has 0 aromatic carbocycles. The van der Waals surface area contributed by atoms with Crippen LogP contribution in [0.15, 0.2) is 12.3 Å². The fourth-order valence-electron chi connectivity index (χ4n) is 0.814. The zero-order valence-electron chi connectivity index (χ0n) is 8.35. The lowest BCUT2D eigenvalue weighted by Crippen LogP contribution is -2.40. The highest BCUT2D eigenvalue weighted by atomic mass is 16.4. The van der Waals surface area contributed by atoms with Gasteiger partial charge in [0.25, 0.3) is 0 Å². The maximum atomic E-state index is 10.8. The van der Waals surface area contributed by atoms with E-state index < -0.39 is 11.5 Å². The van der Waals surface area contributed by atoms with Gasteiger partial charge in [-0.25, -0.2) is 14.8 Å². The maximum absolute atomic E-state index is 10.8. The summed E-state index contributed by atoms with van der Waals surface area (Å²) in [5.74, 6) is -0.894. The first kappa shape index (κ1) is 10.9. The van der Waals surface area contributed by atoms with Crippen molar-refractivity contribution in [1.29, 1.82) is 5.26 Å². The SMILES string of the molecule is CC(C)(Nc1nccc(C#N)n1)C(=O)O. The largest absolute Gasteiger partial charge is 0.480 e. The van der Waals surface area contributed by atoms with E-state index >= 15 is 0 Å². The van der Waals surface area contributed by atoms with E-state index in [-0.39, 0.29) is 11.6 Å². The van der Waals surface area contributed by atoms with Gasteiger partial charge in [-0.3, -0.25) is 0 Å². The Morgan fingerprint density at radius 1 is 1.67 bits per heavy atom. The topological polar surface area (TPSA) is 98.9 Å². The van der Waals surface area contributed by atoms with E-state index in [9.17, 15) is 4.79 Å². The van der Waals surface area contributed by atoms with Gasteiger partial charge in [0.05, 0.1) is 0 Å². The standard InChI is InChI=1S/C9H10N4O2/c1-9(2,7(14)15)13-8-11-4-3-6(5-10)12-8/h3-4H,1-2H3,(H,14,15)(H,11,12,13). The summed E-state index contributed by atoms with van der Waals surface area (Å²) < 4.78 is 0. The van der Waals surface area contributed by atoms with Gasteiger partial charge in [0, 0.05) is 6.20 Å². The van der Waals surface area contributed by atoms with Gasteiger partial charge in [-0.05, 0) is 19.9 Å². The molecule has 0 aliphatic carbocycles. The average molecular weight is 206 g/mol. The Morgan fingerprint density at radius 3 is 2.87 bits per heavy atom. The van der Waals surface area contributed by atoms with Crippen LogP contribution in [0.2, 0.25) is 0 Å². The summed E-state index contributed by atoms with van der Waals surface area (Å²) in [6.07, 6.45) is 1.39. The molecule has 1 rings (SSSR count). The number of hydrogen-bond donors (Lipinski definition) is 2. The molecule has 0 atom stereocenters. The van der Waals surface area contributed by atoms with Crippen LogP contribution in [-0.2, 0) is 4.79 Å². The van der Waals surface area contributed by atoms with E-state index in [0.29, 0.717) is 0 Å². The summed E-state index contributed by atoms with van der Waals surface area (Å²) in [7, 11) is 0. The van der Waals surface area contributed by atoms with Crippen LogP contribution in [0.25, 0.3) is 0 Å². The summed E-state index contributed by atoms with van der Waals surface area (Å²) >= 11 is 0. The molecule has 0 aliphatic heterocycles. The monoisotopic (exact) mass is 206 g/mol. The van der Waals surface area contributed by atoms with Crippen LogP contribution in [0.1, 0.15) is 19.5 Å². The molecule has 6 heteroatoms. The fraction of sp³-hybridized carbons (Fsp3) is 0.333. The second kappa shape index (κ2) is 3.92. The van der Waals surface area contributed by atoms with Gasteiger partial charge in [0.1, 0.15) is 17.3 Å². The quantitative estimate of drug-likeness (QED) is 0.752. The highest BCUT2D eigenvalue weighted by Gasteiger charge is 2.27. The zero-order valence-corrected chi connectivity index (χ0v) is 8.35. The zero-order chi connectivity index (χ0) is 11.5. The Morgan fingerprint density at radius 2 is 2.33 bits per heavy atom. The molecule has 0 fully saturated rings. The first-order chi connectivity index (χ1) is 6.95. The number of anilines is 1.